The molecule has 1 rings (SSSR count). The lowest BCUT2D eigenvalue weighted by atomic mass is 10.1. The first-order valence-electron chi connectivity index (χ1n) is 7.02. The molecule has 0 fully saturated rings. The van der Waals surface area contributed by atoms with E-state index < -0.39 is 10.0 Å². The van der Waals surface area contributed by atoms with Crippen molar-refractivity contribution in [3.8, 4) is 0 Å². The molecule has 0 radical (unpaired) electrons. The van der Waals surface area contributed by atoms with E-state index in [-0.39, 0.29) is 5.09 Å². The molecular weight excluding hydrogens is 276 g/mol. The van der Waals surface area contributed by atoms with E-state index in [0.29, 0.717) is 30.8 Å². The Hall–Kier alpha value is -0.850. The largest absolute Gasteiger partial charge is 0.447 e. The van der Waals surface area contributed by atoms with Gasteiger partial charge in [0, 0.05) is 19.6 Å². The Bertz CT molecular complexity index is 506. The van der Waals surface area contributed by atoms with Gasteiger partial charge in [-0.05, 0) is 24.5 Å². The van der Waals surface area contributed by atoms with Crippen LogP contribution in [0.2, 0.25) is 0 Å². The zero-order chi connectivity index (χ0) is 15.3. The number of hydrogen-bond acceptors (Lipinski definition) is 4. The fraction of sp³-hybridized carbons (Fsp3) is 0.714. The molecule has 0 bridgehead atoms. The first-order valence-corrected chi connectivity index (χ1v) is 8.46. The van der Waals surface area contributed by atoms with Crippen LogP contribution in [0, 0.1) is 5.92 Å². The van der Waals surface area contributed by atoms with Gasteiger partial charge < -0.3 is 9.73 Å². The molecule has 1 N–H and O–H groups in total. The number of nitrogens with one attached hydrogen (secondary N) is 1. The Labute approximate surface area is 122 Å². The third-order valence-corrected chi connectivity index (χ3v) is 4.74. The molecule has 0 unspecified atom stereocenters. The molecule has 0 aromatic carbocycles. The molecule has 1 heterocycles. The topological polar surface area (TPSA) is 62.6 Å². The van der Waals surface area contributed by atoms with Crippen LogP contribution in [0.4, 0.5) is 0 Å². The molecule has 0 atom stereocenters. The molecule has 0 aliphatic heterocycles. The number of sulfonamides is 1. The second-order valence-corrected chi connectivity index (χ2v) is 7.74. The monoisotopic (exact) mass is 302 g/mol. The van der Waals surface area contributed by atoms with Crippen molar-refractivity contribution in [1.82, 2.24) is 9.62 Å². The lowest BCUT2D eigenvalue weighted by Gasteiger charge is -2.16. The fourth-order valence-electron chi connectivity index (χ4n) is 1.61. The van der Waals surface area contributed by atoms with Gasteiger partial charge in [-0.25, -0.2) is 8.42 Å². The molecule has 0 saturated heterocycles. The Balaban J connectivity index is 2.72. The van der Waals surface area contributed by atoms with Crippen LogP contribution < -0.4 is 5.32 Å². The highest BCUT2D eigenvalue weighted by molar-refractivity contribution is 7.89. The Kier molecular flexibility index (Phi) is 6.23. The average molecular weight is 302 g/mol. The molecule has 0 amide bonds. The maximum absolute atomic E-state index is 12.3. The third-order valence-electron chi connectivity index (χ3n) is 3.01. The smallest absolute Gasteiger partial charge is 0.276 e. The van der Waals surface area contributed by atoms with Gasteiger partial charge in [0.15, 0.2) is 0 Å². The summed E-state index contributed by atoms with van der Waals surface area (Å²) in [4.78, 5) is 0. The second kappa shape index (κ2) is 7.24. The van der Waals surface area contributed by atoms with E-state index in [0.717, 1.165) is 6.42 Å². The van der Waals surface area contributed by atoms with Crippen LogP contribution in [0.1, 0.15) is 39.9 Å². The molecule has 1 aromatic heterocycles. The van der Waals surface area contributed by atoms with Gasteiger partial charge in [0.05, 0.1) is 6.54 Å². The number of nitrogens with zero attached hydrogens (tertiary/aromatic N) is 1. The van der Waals surface area contributed by atoms with Crippen molar-refractivity contribution in [2.45, 2.75) is 51.8 Å². The van der Waals surface area contributed by atoms with E-state index in [1.807, 2.05) is 13.8 Å². The van der Waals surface area contributed by atoms with Crippen LogP contribution in [0.15, 0.2) is 21.6 Å². The minimum atomic E-state index is -3.51. The molecule has 116 valence electrons. The summed E-state index contributed by atoms with van der Waals surface area (Å²) in [6.45, 7) is 9.23. The summed E-state index contributed by atoms with van der Waals surface area (Å²) in [5.41, 5.74) is 0. The van der Waals surface area contributed by atoms with Crippen LogP contribution in [-0.4, -0.2) is 32.4 Å². The SMILES string of the molecule is CC(C)CCN(C)S(=O)(=O)c1ccc(CNC(C)C)o1. The minimum Gasteiger partial charge on any atom is -0.447 e. The van der Waals surface area contributed by atoms with Crippen LogP contribution in [0.3, 0.4) is 0 Å². The highest BCUT2D eigenvalue weighted by Gasteiger charge is 2.24. The van der Waals surface area contributed by atoms with E-state index in [9.17, 15) is 8.42 Å². The molecule has 0 saturated carbocycles. The first-order chi connectivity index (χ1) is 9.23. The second-order valence-electron chi connectivity index (χ2n) is 5.77. The van der Waals surface area contributed by atoms with Gasteiger partial charge in [0.1, 0.15) is 5.76 Å². The van der Waals surface area contributed by atoms with Crippen molar-refractivity contribution in [1.29, 1.82) is 0 Å². The van der Waals surface area contributed by atoms with E-state index in [2.05, 4.69) is 19.2 Å². The molecule has 0 aliphatic carbocycles. The maximum atomic E-state index is 12.3. The summed E-state index contributed by atoms with van der Waals surface area (Å²) in [5, 5.41) is 3.21. The van der Waals surface area contributed by atoms with Gasteiger partial charge in [0.25, 0.3) is 10.0 Å². The van der Waals surface area contributed by atoms with Gasteiger partial charge in [-0.3, -0.25) is 0 Å². The van der Waals surface area contributed by atoms with Crippen molar-refractivity contribution < 1.29 is 12.8 Å². The summed E-state index contributed by atoms with van der Waals surface area (Å²) in [6, 6.07) is 3.56. The zero-order valence-corrected chi connectivity index (χ0v) is 13.8. The Morgan fingerprint density at radius 2 is 1.90 bits per heavy atom. The van der Waals surface area contributed by atoms with Crippen LogP contribution in [0.5, 0.6) is 0 Å². The lowest BCUT2D eigenvalue weighted by Crippen LogP contribution is -2.28. The Morgan fingerprint density at radius 3 is 2.45 bits per heavy atom. The number of rotatable bonds is 8. The molecule has 0 aliphatic rings. The van der Waals surface area contributed by atoms with Crippen molar-refractivity contribution >= 4 is 10.0 Å². The highest BCUT2D eigenvalue weighted by Crippen LogP contribution is 2.18. The predicted octanol–water partition coefficient (Wildman–Crippen LogP) is 2.44. The quantitative estimate of drug-likeness (QED) is 0.801. The van der Waals surface area contributed by atoms with Crippen molar-refractivity contribution in [3.63, 3.8) is 0 Å². The lowest BCUT2D eigenvalue weighted by molar-refractivity contribution is 0.369. The summed E-state index contributed by atoms with van der Waals surface area (Å²) in [6.07, 6.45) is 0.832. The standard InChI is InChI=1S/C14H26N2O3S/c1-11(2)8-9-16(5)20(17,18)14-7-6-13(19-14)10-15-12(3)4/h6-7,11-12,15H,8-10H2,1-5H3. The van der Waals surface area contributed by atoms with Crippen LogP contribution in [0.25, 0.3) is 0 Å². The van der Waals surface area contributed by atoms with E-state index >= 15 is 0 Å². The maximum Gasteiger partial charge on any atom is 0.276 e. The molecule has 0 spiro atoms. The van der Waals surface area contributed by atoms with Gasteiger partial charge >= 0.3 is 0 Å². The summed E-state index contributed by atoms with van der Waals surface area (Å²) in [7, 11) is -1.92. The molecular formula is C14H26N2O3S. The van der Waals surface area contributed by atoms with Crippen molar-refractivity contribution in [2.75, 3.05) is 13.6 Å². The van der Waals surface area contributed by atoms with Gasteiger partial charge in [-0.1, -0.05) is 27.7 Å². The molecule has 6 heteroatoms. The summed E-state index contributed by atoms with van der Waals surface area (Å²) >= 11 is 0. The Morgan fingerprint density at radius 1 is 1.25 bits per heavy atom. The van der Waals surface area contributed by atoms with Crippen LogP contribution in [-0.2, 0) is 16.6 Å². The van der Waals surface area contributed by atoms with Crippen molar-refractivity contribution in [2.24, 2.45) is 5.92 Å². The third kappa shape index (κ3) is 4.92. The van der Waals surface area contributed by atoms with Gasteiger partial charge in [-0.15, -0.1) is 0 Å². The summed E-state index contributed by atoms with van der Waals surface area (Å²) in [5.74, 6) is 1.10. The minimum absolute atomic E-state index is 0.0179. The van der Waals surface area contributed by atoms with Crippen molar-refractivity contribution in [3.05, 3.63) is 17.9 Å². The van der Waals surface area contributed by atoms with E-state index in [4.69, 9.17) is 4.42 Å². The van der Waals surface area contributed by atoms with E-state index in [1.54, 1.807) is 13.1 Å². The fourth-order valence-corrected chi connectivity index (χ4v) is 2.72. The average Bonchev–Trinajstić information content (AvgIpc) is 2.82. The predicted molar refractivity (Wildman–Crippen MR) is 80.0 cm³/mol. The number of furan rings is 1. The molecule has 1 aromatic rings. The zero-order valence-electron chi connectivity index (χ0n) is 13.0. The molecule has 20 heavy (non-hydrogen) atoms. The van der Waals surface area contributed by atoms with Gasteiger partial charge in [-0.2, -0.15) is 4.31 Å². The molecule has 5 nitrogen and oxygen atoms in total. The van der Waals surface area contributed by atoms with Gasteiger partial charge in [0.2, 0.25) is 5.09 Å². The normalized spacial score (nSPS) is 12.8. The highest BCUT2D eigenvalue weighted by atomic mass is 32.2. The first kappa shape index (κ1) is 17.2. The summed E-state index contributed by atoms with van der Waals surface area (Å²) < 4.78 is 31.4. The van der Waals surface area contributed by atoms with Crippen LogP contribution >= 0.6 is 0 Å². The van der Waals surface area contributed by atoms with E-state index in [1.165, 1.54) is 10.4 Å². The number of hydrogen-bond donors (Lipinski definition) is 1.